The molecule has 0 saturated heterocycles. The molecule has 0 spiro atoms. The van der Waals surface area contributed by atoms with E-state index in [4.69, 9.17) is 9.26 Å². The van der Waals surface area contributed by atoms with Gasteiger partial charge in [-0.25, -0.2) is 9.88 Å². The van der Waals surface area contributed by atoms with Crippen molar-refractivity contribution in [1.29, 1.82) is 0 Å². The average Bonchev–Trinajstić information content (AvgIpc) is 3.20. The Morgan fingerprint density at radius 1 is 1.12 bits per heavy atom. The number of hydrogen-bond acceptors (Lipinski definition) is 6. The maximum Gasteiger partial charge on any atom is 0.345 e. The van der Waals surface area contributed by atoms with Crippen LogP contribution in [0.1, 0.15) is 42.4 Å². The van der Waals surface area contributed by atoms with Gasteiger partial charge in [0.15, 0.2) is 8.30 Å². The van der Waals surface area contributed by atoms with E-state index in [0.29, 0.717) is 17.6 Å². The van der Waals surface area contributed by atoms with Crippen LogP contribution in [-0.4, -0.2) is 29.7 Å². The third-order valence-corrected chi connectivity index (χ3v) is 7.48. The first-order chi connectivity index (χ1) is 15.4. The van der Waals surface area contributed by atoms with Gasteiger partial charge in [0.2, 0.25) is 0 Å². The first kappa shape index (κ1) is 24.2. The molecular weight excluding hydrogens is 445 g/mol. The molecule has 3 rings (SSSR count). The number of carbonyl (C=O) groups is 2. The minimum Gasteiger partial charge on any atom is -0.477 e. The van der Waals surface area contributed by atoms with Gasteiger partial charge >= 0.3 is 11.9 Å². The summed E-state index contributed by atoms with van der Waals surface area (Å²) in [5.74, 6) is -0.443. The summed E-state index contributed by atoms with van der Waals surface area (Å²) in [6.45, 7) is 6.31. The highest BCUT2D eigenvalue weighted by Gasteiger charge is 2.28. The summed E-state index contributed by atoms with van der Waals surface area (Å²) in [4.78, 5) is 24.3. The summed E-state index contributed by atoms with van der Waals surface area (Å²) < 4.78 is 12.6. The van der Waals surface area contributed by atoms with Crippen LogP contribution in [0.4, 0.5) is 0 Å². The Bertz CT molecular complexity index is 1050. The number of rotatable bonds is 11. The molecule has 2 unspecified atom stereocenters. The van der Waals surface area contributed by atoms with Gasteiger partial charge < -0.3 is 14.4 Å². The Balaban J connectivity index is 1.84. The third-order valence-electron chi connectivity index (χ3n) is 4.73. The number of benzene rings is 2. The summed E-state index contributed by atoms with van der Waals surface area (Å²) in [7, 11) is -1.26. The third kappa shape index (κ3) is 6.52. The monoisotopic (exact) mass is 473 g/mol. The second-order valence-electron chi connectivity index (χ2n) is 7.75. The van der Waals surface area contributed by atoms with Crippen LogP contribution in [-0.2, 0) is 15.7 Å². The lowest BCUT2D eigenvalue weighted by molar-refractivity contribution is -0.146. The lowest BCUT2D eigenvalue weighted by atomic mass is 10.1. The van der Waals surface area contributed by atoms with Crippen LogP contribution in [0.5, 0.6) is 5.75 Å². The molecule has 170 valence electrons. The maximum atomic E-state index is 12.6. The van der Waals surface area contributed by atoms with Crippen molar-refractivity contribution in [2.45, 2.75) is 39.4 Å². The van der Waals surface area contributed by atoms with Gasteiger partial charge in [0.05, 0.1) is 6.61 Å². The summed E-state index contributed by atoms with van der Waals surface area (Å²) >= 11 is 1.26. The topological polar surface area (TPSA) is 84.9 Å². The maximum absolute atomic E-state index is 12.6. The number of carboxylic acid groups (broad SMARTS) is 1. The van der Waals surface area contributed by atoms with E-state index in [1.165, 1.54) is 11.3 Å². The van der Waals surface area contributed by atoms with Crippen molar-refractivity contribution < 1.29 is 24.0 Å². The quantitative estimate of drug-likeness (QED) is 0.260. The highest BCUT2D eigenvalue weighted by atomic mass is 32.1. The molecule has 0 aliphatic heterocycles. The van der Waals surface area contributed by atoms with Crippen LogP contribution in [0.2, 0.25) is 0 Å². The number of ether oxygens (including phenoxy) is 1. The van der Waals surface area contributed by atoms with Crippen molar-refractivity contribution in [2.24, 2.45) is 5.92 Å². The van der Waals surface area contributed by atoms with Crippen molar-refractivity contribution in [3.8, 4) is 5.75 Å². The van der Waals surface area contributed by atoms with Gasteiger partial charge in [-0.1, -0.05) is 45.0 Å². The van der Waals surface area contributed by atoms with Gasteiger partial charge in [-0.2, -0.15) is 0 Å². The first-order valence-electron chi connectivity index (χ1n) is 10.6. The van der Waals surface area contributed by atoms with Crippen LogP contribution in [0.25, 0.3) is 10.1 Å². The smallest absolute Gasteiger partial charge is 0.345 e. The molecule has 6 nitrogen and oxygen atoms in total. The molecule has 0 aliphatic rings. The average molecular weight is 474 g/mol. The predicted octanol–water partition coefficient (Wildman–Crippen LogP) is 6.06. The van der Waals surface area contributed by atoms with Crippen LogP contribution in [0, 0.1) is 5.92 Å². The molecule has 32 heavy (non-hydrogen) atoms. The lowest BCUT2D eigenvalue weighted by Gasteiger charge is -2.27. The fourth-order valence-corrected chi connectivity index (χ4v) is 5.81. The summed E-state index contributed by atoms with van der Waals surface area (Å²) in [6.07, 6.45) is 1.33. The van der Waals surface area contributed by atoms with Gasteiger partial charge in [-0.3, -0.25) is 4.79 Å². The second kappa shape index (κ2) is 11.4. The number of aromatic carboxylic acids is 1. The van der Waals surface area contributed by atoms with E-state index in [9.17, 15) is 14.7 Å². The summed E-state index contributed by atoms with van der Waals surface area (Å²) in [5, 5.41) is 13.6. The zero-order valence-electron chi connectivity index (χ0n) is 18.4. The molecular formula is C24H28NO5PS. The van der Waals surface area contributed by atoms with Crippen LogP contribution in [0.15, 0.2) is 54.6 Å². The highest BCUT2D eigenvalue weighted by Crippen LogP contribution is 2.40. The number of para-hydroxylation sites is 1. The van der Waals surface area contributed by atoms with E-state index in [-0.39, 0.29) is 11.9 Å². The number of fused-ring (bicyclic) bond motifs is 1. The largest absolute Gasteiger partial charge is 0.477 e. The van der Waals surface area contributed by atoms with E-state index in [2.05, 4.69) is 5.09 Å². The Labute approximate surface area is 193 Å². The lowest BCUT2D eigenvalue weighted by Crippen LogP contribution is -2.40. The first-order valence-corrected chi connectivity index (χ1v) is 12.8. The number of carboxylic acids is 1. The standard InChI is InChI=1S/C24H28NO5PS/c1-4-12-29-24(28)22(16(2)3)25-31(30-19-8-6-5-7-9-19)15-17-10-11-20-18(13-17)14-21(32-20)23(26)27/h5-11,13-14,16,22,25H,4,12,15H2,1-3H3,(H,26,27). The van der Waals surface area contributed by atoms with Gasteiger partial charge in [0, 0.05) is 10.9 Å². The number of nitrogens with one attached hydrogen (secondary N) is 1. The van der Waals surface area contributed by atoms with E-state index < -0.39 is 20.3 Å². The molecule has 0 aliphatic carbocycles. The molecule has 0 amide bonds. The number of hydrogen-bond donors (Lipinski definition) is 2. The van der Waals surface area contributed by atoms with E-state index >= 15 is 0 Å². The summed E-state index contributed by atoms with van der Waals surface area (Å²) in [6, 6.07) is 16.6. The Hall–Kier alpha value is -2.47. The number of esters is 1. The van der Waals surface area contributed by atoms with E-state index in [1.807, 2.05) is 69.3 Å². The normalized spacial score (nSPS) is 13.1. The van der Waals surface area contributed by atoms with Crippen LogP contribution < -0.4 is 9.61 Å². The zero-order chi connectivity index (χ0) is 23.1. The zero-order valence-corrected chi connectivity index (χ0v) is 20.1. The highest BCUT2D eigenvalue weighted by molar-refractivity contribution is 7.50. The van der Waals surface area contributed by atoms with Crippen molar-refractivity contribution in [3.63, 3.8) is 0 Å². The molecule has 2 aromatic carbocycles. The molecule has 0 saturated carbocycles. The minimum atomic E-state index is -1.26. The summed E-state index contributed by atoms with van der Waals surface area (Å²) in [5.41, 5.74) is 1.01. The number of carbonyl (C=O) groups excluding carboxylic acids is 1. The SMILES string of the molecule is CCCOC(=O)C(NP(Cc1ccc2sc(C(=O)O)cc2c1)Oc1ccccc1)C(C)C. The van der Waals surface area contributed by atoms with Gasteiger partial charge in [-0.15, -0.1) is 11.3 Å². The Morgan fingerprint density at radius 2 is 1.88 bits per heavy atom. The van der Waals surface area contributed by atoms with E-state index in [1.54, 1.807) is 6.07 Å². The molecule has 2 N–H and O–H groups in total. The van der Waals surface area contributed by atoms with E-state index in [0.717, 1.165) is 27.8 Å². The molecule has 0 radical (unpaired) electrons. The van der Waals surface area contributed by atoms with Gasteiger partial charge in [0.25, 0.3) is 0 Å². The fourth-order valence-electron chi connectivity index (χ4n) is 3.10. The Kier molecular flexibility index (Phi) is 8.62. The Morgan fingerprint density at radius 3 is 2.53 bits per heavy atom. The molecule has 1 aromatic heterocycles. The van der Waals surface area contributed by atoms with Crippen LogP contribution in [0.3, 0.4) is 0 Å². The minimum absolute atomic E-state index is 0.0289. The van der Waals surface area contributed by atoms with Gasteiger partial charge in [0.1, 0.15) is 16.7 Å². The van der Waals surface area contributed by atoms with Crippen molar-refractivity contribution in [1.82, 2.24) is 5.09 Å². The molecule has 2 atom stereocenters. The van der Waals surface area contributed by atoms with Crippen molar-refractivity contribution in [2.75, 3.05) is 6.61 Å². The second-order valence-corrected chi connectivity index (χ2v) is 10.3. The van der Waals surface area contributed by atoms with Crippen LogP contribution >= 0.6 is 19.6 Å². The fraction of sp³-hybridized carbons (Fsp3) is 0.333. The van der Waals surface area contributed by atoms with Crippen molar-refractivity contribution in [3.05, 3.63) is 65.0 Å². The molecule has 1 heterocycles. The molecule has 3 aromatic rings. The molecule has 0 bridgehead atoms. The predicted molar refractivity (Wildman–Crippen MR) is 129 cm³/mol. The molecule has 8 heteroatoms. The molecule has 0 fully saturated rings. The van der Waals surface area contributed by atoms with Crippen molar-refractivity contribution >= 4 is 41.7 Å². The number of thiophene rings is 1. The van der Waals surface area contributed by atoms with Gasteiger partial charge in [-0.05, 0) is 53.6 Å².